The molecule has 1 aromatic rings. The first-order valence-electron chi connectivity index (χ1n) is 6.04. The van der Waals surface area contributed by atoms with Gasteiger partial charge >= 0.3 is 0 Å². The third-order valence-electron chi connectivity index (χ3n) is 2.22. The van der Waals surface area contributed by atoms with E-state index in [0.717, 1.165) is 12.3 Å². The molecular weight excluding hydrogens is 214 g/mol. The SMILES string of the molecule is CC(C)(C)CNC[C@H](O)COc1ccccc1. The van der Waals surface area contributed by atoms with Crippen LogP contribution in [-0.2, 0) is 0 Å². The summed E-state index contributed by atoms with van der Waals surface area (Å²) < 4.78 is 5.46. The number of ether oxygens (including phenoxy) is 1. The Bertz CT molecular complexity index is 306. The minimum absolute atomic E-state index is 0.236. The summed E-state index contributed by atoms with van der Waals surface area (Å²) in [6.45, 7) is 8.24. The normalized spacial score (nSPS) is 13.4. The van der Waals surface area contributed by atoms with E-state index in [9.17, 15) is 5.11 Å². The van der Waals surface area contributed by atoms with Crippen LogP contribution in [0, 0.1) is 5.41 Å². The fourth-order valence-corrected chi connectivity index (χ4v) is 1.38. The maximum Gasteiger partial charge on any atom is 0.119 e. The molecule has 0 aliphatic carbocycles. The second-order valence-corrected chi connectivity index (χ2v) is 5.47. The monoisotopic (exact) mass is 237 g/mol. The van der Waals surface area contributed by atoms with E-state index in [1.54, 1.807) is 0 Å². The molecule has 0 spiro atoms. The van der Waals surface area contributed by atoms with Gasteiger partial charge in [0.2, 0.25) is 0 Å². The van der Waals surface area contributed by atoms with Crippen molar-refractivity contribution in [3.63, 3.8) is 0 Å². The minimum Gasteiger partial charge on any atom is -0.491 e. The van der Waals surface area contributed by atoms with Crippen LogP contribution < -0.4 is 10.1 Å². The van der Waals surface area contributed by atoms with Crippen LogP contribution >= 0.6 is 0 Å². The minimum atomic E-state index is -0.474. The summed E-state index contributed by atoms with van der Waals surface area (Å²) in [5.41, 5.74) is 0.236. The number of para-hydroxylation sites is 1. The molecule has 1 atom stereocenters. The molecule has 0 fully saturated rings. The van der Waals surface area contributed by atoms with E-state index in [4.69, 9.17) is 4.74 Å². The number of aliphatic hydroxyl groups excluding tert-OH is 1. The summed E-state index contributed by atoms with van der Waals surface area (Å²) in [6, 6.07) is 9.54. The van der Waals surface area contributed by atoms with Crippen LogP contribution in [0.5, 0.6) is 5.75 Å². The fourth-order valence-electron chi connectivity index (χ4n) is 1.38. The molecule has 2 N–H and O–H groups in total. The highest BCUT2D eigenvalue weighted by atomic mass is 16.5. The third kappa shape index (κ3) is 6.97. The van der Waals surface area contributed by atoms with Crippen LogP contribution in [0.1, 0.15) is 20.8 Å². The van der Waals surface area contributed by atoms with Crippen LogP contribution in [0.3, 0.4) is 0 Å². The van der Waals surface area contributed by atoms with Crippen molar-refractivity contribution >= 4 is 0 Å². The second kappa shape index (κ2) is 6.62. The first-order valence-corrected chi connectivity index (χ1v) is 6.04. The van der Waals surface area contributed by atoms with Crippen molar-refractivity contribution in [3.8, 4) is 5.75 Å². The molecule has 96 valence electrons. The predicted molar refractivity (Wildman–Crippen MR) is 70.3 cm³/mol. The van der Waals surface area contributed by atoms with Gasteiger partial charge in [-0.05, 0) is 17.5 Å². The Labute approximate surface area is 104 Å². The number of nitrogens with one attached hydrogen (secondary N) is 1. The Hall–Kier alpha value is -1.06. The molecular formula is C14H23NO2. The van der Waals surface area contributed by atoms with E-state index < -0.39 is 6.10 Å². The van der Waals surface area contributed by atoms with E-state index in [0.29, 0.717) is 13.2 Å². The van der Waals surface area contributed by atoms with Crippen molar-refractivity contribution in [2.75, 3.05) is 19.7 Å². The first kappa shape index (κ1) is 14.0. The van der Waals surface area contributed by atoms with Gasteiger partial charge in [0.1, 0.15) is 18.5 Å². The van der Waals surface area contributed by atoms with Gasteiger partial charge < -0.3 is 15.2 Å². The van der Waals surface area contributed by atoms with Gasteiger partial charge in [-0.25, -0.2) is 0 Å². The second-order valence-electron chi connectivity index (χ2n) is 5.47. The van der Waals surface area contributed by atoms with Gasteiger partial charge in [0.05, 0.1) is 0 Å². The van der Waals surface area contributed by atoms with Crippen molar-refractivity contribution in [1.82, 2.24) is 5.32 Å². The van der Waals surface area contributed by atoms with Crippen LogP contribution in [0.25, 0.3) is 0 Å². The van der Waals surface area contributed by atoms with E-state index in [-0.39, 0.29) is 5.41 Å². The highest BCUT2D eigenvalue weighted by Gasteiger charge is 2.11. The van der Waals surface area contributed by atoms with Gasteiger partial charge in [0, 0.05) is 13.1 Å². The summed E-state index contributed by atoms with van der Waals surface area (Å²) in [5.74, 6) is 0.794. The summed E-state index contributed by atoms with van der Waals surface area (Å²) in [4.78, 5) is 0. The van der Waals surface area contributed by atoms with E-state index in [1.165, 1.54) is 0 Å². The summed E-state index contributed by atoms with van der Waals surface area (Å²) in [7, 11) is 0. The third-order valence-corrected chi connectivity index (χ3v) is 2.22. The lowest BCUT2D eigenvalue weighted by molar-refractivity contribution is 0.104. The molecule has 0 saturated carbocycles. The molecule has 0 radical (unpaired) electrons. The standard InChI is InChI=1S/C14H23NO2/c1-14(2,3)11-15-9-12(16)10-17-13-7-5-4-6-8-13/h4-8,12,15-16H,9-11H2,1-3H3/t12-/m0/s1. The van der Waals surface area contributed by atoms with Crippen molar-refractivity contribution in [2.24, 2.45) is 5.41 Å². The fraction of sp³-hybridized carbons (Fsp3) is 0.571. The largest absolute Gasteiger partial charge is 0.491 e. The molecule has 1 aromatic carbocycles. The number of rotatable bonds is 6. The van der Waals surface area contributed by atoms with Gasteiger partial charge in [-0.1, -0.05) is 39.0 Å². The topological polar surface area (TPSA) is 41.5 Å². The van der Waals surface area contributed by atoms with Gasteiger partial charge in [0.25, 0.3) is 0 Å². The molecule has 0 aliphatic heterocycles. The summed E-state index contributed by atoms with van der Waals surface area (Å²) in [6.07, 6.45) is -0.474. The zero-order valence-corrected chi connectivity index (χ0v) is 10.9. The lowest BCUT2D eigenvalue weighted by Gasteiger charge is -2.20. The number of hydrogen-bond acceptors (Lipinski definition) is 3. The van der Waals surface area contributed by atoms with Crippen molar-refractivity contribution in [1.29, 1.82) is 0 Å². The van der Waals surface area contributed by atoms with Gasteiger partial charge in [-0.2, -0.15) is 0 Å². The van der Waals surface area contributed by atoms with E-state index in [1.807, 2.05) is 30.3 Å². The van der Waals surface area contributed by atoms with Crippen LogP contribution in [0.2, 0.25) is 0 Å². The smallest absolute Gasteiger partial charge is 0.119 e. The predicted octanol–water partition coefficient (Wildman–Crippen LogP) is 2.06. The Morgan fingerprint density at radius 3 is 2.47 bits per heavy atom. The van der Waals surface area contributed by atoms with Crippen LogP contribution in [0.15, 0.2) is 30.3 Å². The summed E-state index contributed by atoms with van der Waals surface area (Å²) >= 11 is 0. The molecule has 0 heterocycles. The maximum absolute atomic E-state index is 9.72. The van der Waals surface area contributed by atoms with Crippen molar-refractivity contribution < 1.29 is 9.84 Å². The summed E-state index contributed by atoms with van der Waals surface area (Å²) in [5, 5.41) is 13.0. The Balaban J connectivity index is 2.15. The Morgan fingerprint density at radius 2 is 1.88 bits per heavy atom. The van der Waals surface area contributed by atoms with Crippen LogP contribution in [-0.4, -0.2) is 30.9 Å². The molecule has 17 heavy (non-hydrogen) atoms. The lowest BCUT2D eigenvalue weighted by Crippen LogP contribution is -2.36. The van der Waals surface area contributed by atoms with Gasteiger partial charge in [-0.15, -0.1) is 0 Å². The molecule has 0 unspecified atom stereocenters. The molecule has 0 amide bonds. The first-order chi connectivity index (χ1) is 7.97. The molecule has 0 aromatic heterocycles. The van der Waals surface area contributed by atoms with Gasteiger partial charge in [-0.3, -0.25) is 0 Å². The Morgan fingerprint density at radius 1 is 1.24 bits per heavy atom. The van der Waals surface area contributed by atoms with E-state index in [2.05, 4.69) is 26.1 Å². The average Bonchev–Trinajstić information content (AvgIpc) is 2.26. The van der Waals surface area contributed by atoms with Gasteiger partial charge in [0.15, 0.2) is 0 Å². The molecule has 0 aliphatic rings. The number of aliphatic hydroxyl groups is 1. The van der Waals surface area contributed by atoms with E-state index >= 15 is 0 Å². The number of hydrogen-bond donors (Lipinski definition) is 2. The maximum atomic E-state index is 9.72. The van der Waals surface area contributed by atoms with Crippen LogP contribution in [0.4, 0.5) is 0 Å². The highest BCUT2D eigenvalue weighted by Crippen LogP contribution is 2.10. The molecule has 3 nitrogen and oxygen atoms in total. The zero-order valence-electron chi connectivity index (χ0n) is 10.9. The van der Waals surface area contributed by atoms with Crippen molar-refractivity contribution in [3.05, 3.63) is 30.3 Å². The quantitative estimate of drug-likeness (QED) is 0.796. The lowest BCUT2D eigenvalue weighted by atomic mass is 9.97. The molecule has 3 heteroatoms. The van der Waals surface area contributed by atoms with Crippen molar-refractivity contribution in [2.45, 2.75) is 26.9 Å². The average molecular weight is 237 g/mol. The molecule has 1 rings (SSSR count). The number of benzene rings is 1. The molecule has 0 saturated heterocycles. The Kier molecular flexibility index (Phi) is 5.45. The highest BCUT2D eigenvalue weighted by molar-refractivity contribution is 5.20. The molecule has 0 bridgehead atoms. The zero-order chi connectivity index (χ0) is 12.7.